The Hall–Kier alpha value is -0.930. The van der Waals surface area contributed by atoms with Gasteiger partial charge in [-0.05, 0) is 45.9 Å². The van der Waals surface area contributed by atoms with Crippen LogP contribution in [0.2, 0.25) is 0 Å². The molecule has 1 aromatic rings. The van der Waals surface area contributed by atoms with Gasteiger partial charge in [-0.1, -0.05) is 6.07 Å². The maximum Gasteiger partial charge on any atom is 0.0544 e. The second-order valence-corrected chi connectivity index (χ2v) is 5.62. The summed E-state index contributed by atoms with van der Waals surface area (Å²) < 4.78 is 0. The Balaban J connectivity index is 2.11. The molecular weight excluding hydrogens is 210 g/mol. The molecule has 2 heterocycles. The first-order valence-electron chi connectivity index (χ1n) is 6.46. The molecule has 2 rings (SSSR count). The van der Waals surface area contributed by atoms with Crippen LogP contribution >= 0.6 is 0 Å². The smallest absolute Gasteiger partial charge is 0.0544 e. The molecule has 3 heteroatoms. The summed E-state index contributed by atoms with van der Waals surface area (Å²) in [5.41, 5.74) is 1.41. The number of nitrogens with one attached hydrogen (secondary N) is 1. The van der Waals surface area contributed by atoms with Crippen LogP contribution in [0.4, 0.5) is 0 Å². The molecule has 0 amide bonds. The Labute approximate surface area is 104 Å². The molecule has 17 heavy (non-hydrogen) atoms. The minimum Gasteiger partial charge on any atom is -0.313 e. The minimum absolute atomic E-state index is 0.245. The molecule has 94 valence electrons. The van der Waals surface area contributed by atoms with Crippen molar-refractivity contribution in [3.8, 4) is 0 Å². The van der Waals surface area contributed by atoms with E-state index in [4.69, 9.17) is 0 Å². The van der Waals surface area contributed by atoms with Gasteiger partial charge in [0.1, 0.15) is 0 Å². The molecule has 1 unspecified atom stereocenters. The van der Waals surface area contributed by atoms with Crippen LogP contribution in [-0.2, 0) is 6.54 Å². The number of hydrogen-bond donors (Lipinski definition) is 1. The van der Waals surface area contributed by atoms with Gasteiger partial charge in [0.25, 0.3) is 0 Å². The summed E-state index contributed by atoms with van der Waals surface area (Å²) in [5, 5.41) is 3.55. The largest absolute Gasteiger partial charge is 0.313 e. The number of rotatable bonds is 2. The van der Waals surface area contributed by atoms with Gasteiger partial charge in [-0.15, -0.1) is 0 Å². The van der Waals surface area contributed by atoms with Crippen molar-refractivity contribution in [2.24, 2.45) is 0 Å². The van der Waals surface area contributed by atoms with Gasteiger partial charge in [0.2, 0.25) is 0 Å². The lowest BCUT2D eigenvalue weighted by atomic mass is 9.98. The Bertz CT molecular complexity index is 348. The van der Waals surface area contributed by atoms with E-state index in [1.165, 1.54) is 6.42 Å². The van der Waals surface area contributed by atoms with Crippen molar-refractivity contribution in [3.05, 3.63) is 30.1 Å². The first-order chi connectivity index (χ1) is 8.08. The van der Waals surface area contributed by atoms with Gasteiger partial charge in [-0.2, -0.15) is 0 Å². The quantitative estimate of drug-likeness (QED) is 0.847. The Morgan fingerprint density at radius 3 is 3.00 bits per heavy atom. The number of hydrogen-bond acceptors (Lipinski definition) is 3. The molecule has 1 aromatic heterocycles. The highest BCUT2D eigenvalue weighted by molar-refractivity contribution is 5.04. The Morgan fingerprint density at radius 1 is 1.47 bits per heavy atom. The second-order valence-electron chi connectivity index (χ2n) is 5.62. The van der Waals surface area contributed by atoms with E-state index in [-0.39, 0.29) is 5.54 Å². The van der Waals surface area contributed by atoms with E-state index in [1.807, 2.05) is 12.3 Å². The standard InChI is InChI=1S/C14H23N3/c1-12-10-17(14(2,3)7-9-15-12)11-13-6-4-5-8-16-13/h4-6,8,12,15H,7,9-11H2,1-3H3. The van der Waals surface area contributed by atoms with Gasteiger partial charge >= 0.3 is 0 Å². The number of nitrogens with zero attached hydrogens (tertiary/aromatic N) is 2. The molecule has 0 bridgehead atoms. The monoisotopic (exact) mass is 233 g/mol. The topological polar surface area (TPSA) is 28.2 Å². The molecular formula is C14H23N3. The fourth-order valence-corrected chi connectivity index (χ4v) is 2.39. The van der Waals surface area contributed by atoms with Gasteiger partial charge < -0.3 is 5.32 Å². The zero-order chi connectivity index (χ0) is 12.3. The number of aromatic nitrogens is 1. The summed E-state index contributed by atoms with van der Waals surface area (Å²) in [7, 11) is 0. The normalized spacial score (nSPS) is 25.5. The molecule has 1 atom stereocenters. The van der Waals surface area contributed by atoms with E-state index in [1.54, 1.807) is 0 Å². The highest BCUT2D eigenvalue weighted by Gasteiger charge is 2.30. The highest BCUT2D eigenvalue weighted by Crippen LogP contribution is 2.23. The van der Waals surface area contributed by atoms with Crippen LogP contribution in [0.3, 0.4) is 0 Å². The Kier molecular flexibility index (Phi) is 3.79. The molecule has 1 fully saturated rings. The lowest BCUT2D eigenvalue weighted by molar-refractivity contribution is 0.111. The van der Waals surface area contributed by atoms with E-state index >= 15 is 0 Å². The van der Waals surface area contributed by atoms with E-state index in [2.05, 4.69) is 48.1 Å². The van der Waals surface area contributed by atoms with Crippen LogP contribution < -0.4 is 5.32 Å². The zero-order valence-corrected chi connectivity index (χ0v) is 11.1. The maximum atomic E-state index is 4.43. The molecule has 1 N–H and O–H groups in total. The average Bonchev–Trinajstić information content (AvgIpc) is 2.40. The van der Waals surface area contributed by atoms with Crippen molar-refractivity contribution in [2.75, 3.05) is 13.1 Å². The van der Waals surface area contributed by atoms with Crippen LogP contribution in [0.15, 0.2) is 24.4 Å². The van der Waals surface area contributed by atoms with E-state index in [9.17, 15) is 0 Å². The van der Waals surface area contributed by atoms with E-state index < -0.39 is 0 Å². The summed E-state index contributed by atoms with van der Waals surface area (Å²) in [6.07, 6.45) is 3.06. The van der Waals surface area contributed by atoms with Gasteiger partial charge in [0, 0.05) is 30.9 Å². The van der Waals surface area contributed by atoms with Gasteiger partial charge in [-0.25, -0.2) is 0 Å². The number of pyridine rings is 1. The molecule has 1 saturated heterocycles. The molecule has 1 aliphatic rings. The van der Waals surface area contributed by atoms with Gasteiger partial charge in [0.05, 0.1) is 5.69 Å². The van der Waals surface area contributed by atoms with E-state index in [0.717, 1.165) is 25.3 Å². The summed E-state index contributed by atoms with van der Waals surface area (Å²) in [6, 6.07) is 6.70. The van der Waals surface area contributed by atoms with E-state index in [0.29, 0.717) is 6.04 Å². The lowest BCUT2D eigenvalue weighted by Crippen LogP contribution is -2.45. The zero-order valence-electron chi connectivity index (χ0n) is 11.1. The molecule has 0 aromatic carbocycles. The molecule has 0 radical (unpaired) electrons. The summed E-state index contributed by atoms with van der Waals surface area (Å²) in [4.78, 5) is 6.97. The third-order valence-corrected chi connectivity index (χ3v) is 3.66. The first-order valence-corrected chi connectivity index (χ1v) is 6.46. The molecule has 0 aliphatic carbocycles. The van der Waals surface area contributed by atoms with Crippen LogP contribution in [0.25, 0.3) is 0 Å². The first kappa shape index (κ1) is 12.5. The van der Waals surface area contributed by atoms with Gasteiger partial charge in [-0.3, -0.25) is 9.88 Å². The van der Waals surface area contributed by atoms with Crippen molar-refractivity contribution in [1.82, 2.24) is 15.2 Å². The third kappa shape index (κ3) is 3.27. The van der Waals surface area contributed by atoms with Crippen LogP contribution in [-0.4, -0.2) is 34.6 Å². The molecule has 0 saturated carbocycles. The van der Waals surface area contributed by atoms with Crippen molar-refractivity contribution in [1.29, 1.82) is 0 Å². The van der Waals surface area contributed by atoms with Crippen molar-refractivity contribution in [2.45, 2.75) is 45.3 Å². The van der Waals surface area contributed by atoms with Crippen LogP contribution in [0.5, 0.6) is 0 Å². The fraction of sp³-hybridized carbons (Fsp3) is 0.643. The summed E-state index contributed by atoms with van der Waals surface area (Å²) in [6.45, 7) is 10.1. The minimum atomic E-state index is 0.245. The molecule has 3 nitrogen and oxygen atoms in total. The van der Waals surface area contributed by atoms with Gasteiger partial charge in [0.15, 0.2) is 0 Å². The molecule has 0 spiro atoms. The molecule has 1 aliphatic heterocycles. The highest BCUT2D eigenvalue weighted by atomic mass is 15.2. The Morgan fingerprint density at radius 2 is 2.29 bits per heavy atom. The SMILES string of the molecule is CC1CN(Cc2ccccn2)C(C)(C)CCN1. The second kappa shape index (κ2) is 5.15. The maximum absolute atomic E-state index is 4.43. The third-order valence-electron chi connectivity index (χ3n) is 3.66. The van der Waals surface area contributed by atoms with Crippen molar-refractivity contribution < 1.29 is 0 Å². The predicted molar refractivity (Wildman–Crippen MR) is 70.8 cm³/mol. The van der Waals surface area contributed by atoms with Crippen LogP contribution in [0, 0.1) is 0 Å². The van der Waals surface area contributed by atoms with Crippen LogP contribution in [0.1, 0.15) is 32.9 Å². The summed E-state index contributed by atoms with van der Waals surface area (Å²) >= 11 is 0. The predicted octanol–water partition coefficient (Wildman–Crippen LogP) is 2.04. The van der Waals surface area contributed by atoms with Crippen molar-refractivity contribution >= 4 is 0 Å². The lowest BCUT2D eigenvalue weighted by Gasteiger charge is -2.37. The average molecular weight is 233 g/mol. The van der Waals surface area contributed by atoms with Crippen molar-refractivity contribution in [3.63, 3.8) is 0 Å². The summed E-state index contributed by atoms with van der Waals surface area (Å²) in [5.74, 6) is 0. The fourth-order valence-electron chi connectivity index (χ4n) is 2.39.